The molecule has 0 unspecified atom stereocenters. The van der Waals surface area contributed by atoms with Crippen molar-refractivity contribution in [3.8, 4) is 0 Å². The van der Waals surface area contributed by atoms with Gasteiger partial charge in [-0.15, -0.1) is 0 Å². The highest BCUT2D eigenvalue weighted by Gasteiger charge is 2.14. The summed E-state index contributed by atoms with van der Waals surface area (Å²) in [5, 5.41) is 11.6. The van der Waals surface area contributed by atoms with Crippen molar-refractivity contribution in [3.05, 3.63) is 52.6 Å². The Balaban J connectivity index is 1.95. The van der Waals surface area contributed by atoms with Gasteiger partial charge in [0.25, 0.3) is 5.91 Å². The Bertz CT molecular complexity index is 759. The van der Waals surface area contributed by atoms with Crippen LogP contribution >= 0.6 is 23.4 Å². The summed E-state index contributed by atoms with van der Waals surface area (Å²) < 4.78 is 12.9. The van der Waals surface area contributed by atoms with Crippen molar-refractivity contribution in [3.63, 3.8) is 0 Å². The first-order chi connectivity index (χ1) is 12.0. The number of amides is 1. The fourth-order valence-electron chi connectivity index (χ4n) is 1.83. The van der Waals surface area contributed by atoms with Crippen LogP contribution in [0.25, 0.3) is 0 Å². The third kappa shape index (κ3) is 6.32. The molecule has 0 spiro atoms. The zero-order valence-electron chi connectivity index (χ0n) is 13.0. The minimum absolute atomic E-state index is 0.0312. The van der Waals surface area contributed by atoms with Gasteiger partial charge in [-0.2, -0.15) is 0 Å². The molecule has 2 N–H and O–H groups in total. The summed E-state index contributed by atoms with van der Waals surface area (Å²) in [6, 6.07) is 6.06. The number of halogens is 2. The van der Waals surface area contributed by atoms with E-state index in [0.29, 0.717) is 17.3 Å². The lowest BCUT2D eigenvalue weighted by atomic mass is 10.2. The van der Waals surface area contributed by atoms with Crippen molar-refractivity contribution in [1.29, 1.82) is 0 Å². The van der Waals surface area contributed by atoms with Crippen LogP contribution in [-0.2, 0) is 10.5 Å². The summed E-state index contributed by atoms with van der Waals surface area (Å²) >= 11 is 7.25. The van der Waals surface area contributed by atoms with Crippen LogP contribution in [-0.4, -0.2) is 33.5 Å². The maximum Gasteiger partial charge on any atom is 0.303 e. The van der Waals surface area contributed by atoms with E-state index in [1.165, 1.54) is 30.1 Å². The van der Waals surface area contributed by atoms with Crippen LogP contribution in [0.5, 0.6) is 0 Å². The molecule has 9 heteroatoms. The number of carbonyl (C=O) groups excluding carboxylic acids is 1. The smallest absolute Gasteiger partial charge is 0.303 e. The number of carboxylic acid groups (broad SMARTS) is 1. The van der Waals surface area contributed by atoms with Gasteiger partial charge in [-0.3, -0.25) is 9.59 Å². The molecule has 0 aliphatic heterocycles. The predicted octanol–water partition coefficient (Wildman–Crippen LogP) is 3.16. The second-order valence-electron chi connectivity index (χ2n) is 5.02. The van der Waals surface area contributed by atoms with E-state index in [-0.39, 0.29) is 29.5 Å². The first-order valence-corrected chi connectivity index (χ1v) is 8.72. The molecular weight excluding hydrogens is 369 g/mol. The van der Waals surface area contributed by atoms with Gasteiger partial charge in [0.1, 0.15) is 5.82 Å². The number of carboxylic acids is 1. The summed E-state index contributed by atoms with van der Waals surface area (Å²) in [5.74, 6) is -1.20. The van der Waals surface area contributed by atoms with Crippen molar-refractivity contribution in [1.82, 2.24) is 15.3 Å². The van der Waals surface area contributed by atoms with E-state index in [1.807, 2.05) is 0 Å². The number of aliphatic carboxylic acids is 1. The predicted molar refractivity (Wildman–Crippen MR) is 92.2 cm³/mol. The molecular formula is C16H15ClFN3O3S. The lowest BCUT2D eigenvalue weighted by molar-refractivity contribution is -0.137. The molecule has 0 fully saturated rings. The van der Waals surface area contributed by atoms with Crippen molar-refractivity contribution < 1.29 is 19.1 Å². The summed E-state index contributed by atoms with van der Waals surface area (Å²) in [6.45, 7) is 0.212. The monoisotopic (exact) mass is 383 g/mol. The van der Waals surface area contributed by atoms with Gasteiger partial charge in [-0.05, 0) is 24.1 Å². The van der Waals surface area contributed by atoms with Gasteiger partial charge in [0.2, 0.25) is 0 Å². The molecule has 0 saturated carbocycles. The Morgan fingerprint density at radius 1 is 1.28 bits per heavy atom. The molecule has 0 aliphatic carbocycles. The summed E-state index contributed by atoms with van der Waals surface area (Å²) in [6.07, 6.45) is 1.63. The Labute approximate surface area is 152 Å². The second kappa shape index (κ2) is 9.33. The molecule has 1 amide bonds. The highest BCUT2D eigenvalue weighted by molar-refractivity contribution is 7.98. The van der Waals surface area contributed by atoms with Crippen LogP contribution in [0.15, 0.2) is 35.6 Å². The quantitative estimate of drug-likeness (QED) is 0.413. The number of benzene rings is 1. The van der Waals surface area contributed by atoms with Crippen molar-refractivity contribution >= 4 is 35.2 Å². The van der Waals surface area contributed by atoms with Crippen LogP contribution < -0.4 is 5.32 Å². The van der Waals surface area contributed by atoms with Gasteiger partial charge >= 0.3 is 5.97 Å². The molecule has 2 aromatic rings. The largest absolute Gasteiger partial charge is 0.481 e. The van der Waals surface area contributed by atoms with Gasteiger partial charge < -0.3 is 10.4 Å². The molecule has 0 bridgehead atoms. The molecule has 1 aromatic carbocycles. The summed E-state index contributed by atoms with van der Waals surface area (Å²) in [4.78, 5) is 30.7. The number of aromatic nitrogens is 2. The number of nitrogens with one attached hydrogen (secondary N) is 1. The molecule has 25 heavy (non-hydrogen) atoms. The normalized spacial score (nSPS) is 10.5. The van der Waals surface area contributed by atoms with Crippen molar-refractivity contribution in [2.24, 2.45) is 0 Å². The topological polar surface area (TPSA) is 92.2 Å². The number of thioether (sulfide) groups is 1. The molecule has 2 rings (SSSR count). The fourth-order valence-corrected chi connectivity index (χ4v) is 2.78. The zero-order valence-corrected chi connectivity index (χ0v) is 14.6. The van der Waals surface area contributed by atoms with Crippen LogP contribution in [0.3, 0.4) is 0 Å². The maximum atomic E-state index is 12.9. The minimum atomic E-state index is -0.922. The van der Waals surface area contributed by atoms with Crippen LogP contribution in [0, 0.1) is 5.82 Å². The second-order valence-corrected chi connectivity index (χ2v) is 6.37. The van der Waals surface area contributed by atoms with Crippen LogP contribution in [0.1, 0.15) is 28.9 Å². The van der Waals surface area contributed by atoms with Crippen molar-refractivity contribution in [2.75, 3.05) is 6.54 Å². The van der Waals surface area contributed by atoms with E-state index in [4.69, 9.17) is 16.7 Å². The molecule has 0 atom stereocenters. The SMILES string of the molecule is O=C(O)CCCNC(=O)c1nc(SCc2ccc(F)cc2)ncc1Cl. The van der Waals surface area contributed by atoms with E-state index in [2.05, 4.69) is 15.3 Å². The van der Waals surface area contributed by atoms with Gasteiger partial charge in [-0.25, -0.2) is 14.4 Å². The molecule has 0 aliphatic rings. The number of carbonyl (C=O) groups is 2. The van der Waals surface area contributed by atoms with Gasteiger partial charge in [0, 0.05) is 18.7 Å². The summed E-state index contributed by atoms with van der Waals surface area (Å²) in [5.41, 5.74) is 0.929. The first kappa shape index (κ1) is 19.1. The van der Waals surface area contributed by atoms with Crippen molar-refractivity contribution in [2.45, 2.75) is 23.8 Å². The number of rotatable bonds is 8. The molecule has 0 radical (unpaired) electrons. The zero-order chi connectivity index (χ0) is 18.2. The molecule has 132 valence electrons. The van der Waals surface area contributed by atoms with E-state index in [1.54, 1.807) is 12.1 Å². The molecule has 6 nitrogen and oxygen atoms in total. The van der Waals surface area contributed by atoms with Crippen LogP contribution in [0.4, 0.5) is 4.39 Å². The van der Waals surface area contributed by atoms with E-state index >= 15 is 0 Å². The highest BCUT2D eigenvalue weighted by atomic mass is 35.5. The first-order valence-electron chi connectivity index (χ1n) is 7.35. The lowest BCUT2D eigenvalue weighted by Crippen LogP contribution is -2.26. The van der Waals surface area contributed by atoms with Gasteiger partial charge in [0.15, 0.2) is 10.9 Å². The summed E-state index contributed by atoms with van der Waals surface area (Å²) in [7, 11) is 0. The maximum absolute atomic E-state index is 12.9. The van der Waals surface area contributed by atoms with Gasteiger partial charge in [-0.1, -0.05) is 35.5 Å². The van der Waals surface area contributed by atoms with Crippen LogP contribution in [0.2, 0.25) is 5.02 Å². The highest BCUT2D eigenvalue weighted by Crippen LogP contribution is 2.22. The Kier molecular flexibility index (Phi) is 7.15. The molecule has 0 saturated heterocycles. The van der Waals surface area contributed by atoms with E-state index < -0.39 is 11.9 Å². The average Bonchev–Trinajstić information content (AvgIpc) is 2.59. The standard InChI is InChI=1S/C16H15ClFN3O3S/c17-12-8-20-16(25-9-10-3-5-11(18)6-4-10)21-14(12)15(24)19-7-1-2-13(22)23/h3-6,8H,1-2,7,9H2,(H,19,24)(H,22,23). The number of nitrogens with zero attached hydrogens (tertiary/aromatic N) is 2. The van der Waals surface area contributed by atoms with E-state index in [9.17, 15) is 14.0 Å². The fraction of sp³-hybridized carbons (Fsp3) is 0.250. The Morgan fingerprint density at radius 3 is 2.68 bits per heavy atom. The lowest BCUT2D eigenvalue weighted by Gasteiger charge is -2.07. The number of hydrogen-bond acceptors (Lipinski definition) is 5. The third-order valence-electron chi connectivity index (χ3n) is 3.07. The molecule has 1 heterocycles. The third-order valence-corrected chi connectivity index (χ3v) is 4.28. The average molecular weight is 384 g/mol. The molecule has 1 aromatic heterocycles. The van der Waals surface area contributed by atoms with Gasteiger partial charge in [0.05, 0.1) is 11.2 Å². The number of hydrogen-bond donors (Lipinski definition) is 2. The Morgan fingerprint density at radius 2 is 2.00 bits per heavy atom. The minimum Gasteiger partial charge on any atom is -0.481 e. The van der Waals surface area contributed by atoms with E-state index in [0.717, 1.165) is 5.56 Å². The Hall–Kier alpha value is -2.19.